The standard InChI is InChI=1S/2C9H16O2.ClH.In/c2*10-9(11)8-6-4-2-1-3-5-7-8;;/h2*8H,1-7H2,(H,10,11);1H;/q;;;+3/p-3. The Balaban J connectivity index is 1.74. The van der Waals surface area contributed by atoms with E-state index in [4.69, 9.17) is 14.3 Å². The van der Waals surface area contributed by atoms with E-state index in [2.05, 4.69) is 0 Å². The Labute approximate surface area is 158 Å². The summed E-state index contributed by atoms with van der Waals surface area (Å²) in [6.07, 6.45) is 15.1. The zero-order chi connectivity index (χ0) is 17.2. The maximum absolute atomic E-state index is 12.3. The van der Waals surface area contributed by atoms with Crippen molar-refractivity contribution in [3.05, 3.63) is 0 Å². The molecule has 0 aromatic heterocycles. The molecule has 24 heavy (non-hydrogen) atoms. The minimum absolute atomic E-state index is 0.0525. The molecule has 136 valence electrons. The van der Waals surface area contributed by atoms with Gasteiger partial charge in [0.25, 0.3) is 0 Å². The third-order valence-corrected chi connectivity index (χ3v) is 8.87. The summed E-state index contributed by atoms with van der Waals surface area (Å²) in [6, 6.07) is 0. The van der Waals surface area contributed by atoms with Gasteiger partial charge in [0.1, 0.15) is 0 Å². The first-order valence-electron chi connectivity index (χ1n) is 9.72. The van der Waals surface area contributed by atoms with Gasteiger partial charge in [-0.3, -0.25) is 0 Å². The van der Waals surface area contributed by atoms with Crippen LogP contribution in [0.4, 0.5) is 0 Å². The first kappa shape index (κ1) is 20.4. The van der Waals surface area contributed by atoms with Gasteiger partial charge in [0.2, 0.25) is 0 Å². The van der Waals surface area contributed by atoms with Gasteiger partial charge in [-0.1, -0.05) is 0 Å². The van der Waals surface area contributed by atoms with Crippen molar-refractivity contribution < 1.29 is 15.3 Å². The molecule has 0 bridgehead atoms. The molecule has 0 radical (unpaired) electrons. The van der Waals surface area contributed by atoms with E-state index >= 15 is 0 Å². The van der Waals surface area contributed by atoms with Crippen LogP contribution in [0.15, 0.2) is 0 Å². The summed E-state index contributed by atoms with van der Waals surface area (Å²) in [5.41, 5.74) is 0. The van der Waals surface area contributed by atoms with Crippen molar-refractivity contribution in [2.75, 3.05) is 0 Å². The van der Waals surface area contributed by atoms with Crippen molar-refractivity contribution in [1.29, 1.82) is 0 Å². The second-order valence-electron chi connectivity index (χ2n) is 7.23. The van der Waals surface area contributed by atoms with Crippen molar-refractivity contribution in [2.24, 2.45) is 11.8 Å². The van der Waals surface area contributed by atoms with Gasteiger partial charge in [-0.05, 0) is 0 Å². The van der Waals surface area contributed by atoms with E-state index in [0.29, 0.717) is 0 Å². The van der Waals surface area contributed by atoms with Crippen LogP contribution in [-0.2, 0) is 15.3 Å². The summed E-state index contributed by atoms with van der Waals surface area (Å²) in [4.78, 5) is 24.6. The van der Waals surface area contributed by atoms with E-state index in [1.165, 1.54) is 38.5 Å². The summed E-state index contributed by atoms with van der Waals surface area (Å²) >= 11 is -3.48. The molecule has 0 saturated heterocycles. The Morgan fingerprint density at radius 2 is 0.917 bits per heavy atom. The third kappa shape index (κ3) is 7.55. The molecule has 2 fully saturated rings. The van der Waals surface area contributed by atoms with Crippen LogP contribution in [0.25, 0.3) is 0 Å². The second kappa shape index (κ2) is 11.7. The van der Waals surface area contributed by atoms with Crippen molar-refractivity contribution in [3.63, 3.8) is 0 Å². The Kier molecular flexibility index (Phi) is 9.92. The number of rotatable bonds is 4. The van der Waals surface area contributed by atoms with Gasteiger partial charge in [0, 0.05) is 0 Å². The molecule has 2 aliphatic rings. The van der Waals surface area contributed by atoms with Gasteiger partial charge in [0.05, 0.1) is 0 Å². The number of carbonyl (C=O) groups is 2. The Morgan fingerprint density at radius 3 is 1.25 bits per heavy atom. The average molecular weight is 461 g/mol. The second-order valence-corrected chi connectivity index (χ2v) is 12.5. The monoisotopic (exact) mass is 460 g/mol. The van der Waals surface area contributed by atoms with E-state index in [9.17, 15) is 9.59 Å². The summed E-state index contributed by atoms with van der Waals surface area (Å²) in [7, 11) is 6.18. The van der Waals surface area contributed by atoms with Gasteiger partial charge in [-0.25, -0.2) is 0 Å². The number of halogens is 1. The summed E-state index contributed by atoms with van der Waals surface area (Å²) in [5, 5.41) is 0. The molecule has 6 heteroatoms. The van der Waals surface area contributed by atoms with E-state index in [0.717, 1.165) is 51.4 Å². The van der Waals surface area contributed by atoms with Crippen LogP contribution in [0.5, 0.6) is 0 Å². The molecule has 0 atom stereocenters. The number of hydrogen-bond acceptors (Lipinski definition) is 4. The first-order valence-corrected chi connectivity index (χ1v) is 16.6. The maximum atomic E-state index is 12.3. The molecule has 0 aromatic carbocycles. The Bertz CT molecular complexity index is 352. The SMILES string of the molecule is O=C([O][In]([Cl])[O]C(=O)C1CCCCCCC1)C1CCCCCCC1. The van der Waals surface area contributed by atoms with E-state index < -0.39 is 21.1 Å². The molecule has 2 aliphatic carbocycles. The minimum atomic E-state index is -3.48. The predicted octanol–water partition coefficient (Wildman–Crippen LogP) is 5.02. The zero-order valence-electron chi connectivity index (χ0n) is 14.6. The van der Waals surface area contributed by atoms with E-state index in [1.807, 2.05) is 0 Å². The fourth-order valence-corrected chi connectivity index (χ4v) is 7.24. The molecular formula is C18H30ClInO4. The number of hydrogen-bond donors (Lipinski definition) is 0. The predicted molar refractivity (Wildman–Crippen MR) is 95.4 cm³/mol. The van der Waals surface area contributed by atoms with Crippen LogP contribution in [0.2, 0.25) is 0 Å². The fraction of sp³-hybridized carbons (Fsp3) is 0.889. The molecule has 2 rings (SSSR count). The molecule has 0 N–H and O–H groups in total. The molecule has 2 saturated carbocycles. The summed E-state index contributed by atoms with van der Waals surface area (Å²) in [5.74, 6) is -0.553. The number of carbonyl (C=O) groups excluding carboxylic acids is 2. The first-order chi connectivity index (χ1) is 11.7. The van der Waals surface area contributed by atoms with Crippen LogP contribution in [-0.4, -0.2) is 33.1 Å². The molecule has 0 aliphatic heterocycles. The van der Waals surface area contributed by atoms with E-state index in [-0.39, 0.29) is 23.8 Å². The molecule has 4 nitrogen and oxygen atoms in total. The van der Waals surface area contributed by atoms with Gasteiger partial charge < -0.3 is 0 Å². The molecule has 0 aromatic rings. The van der Waals surface area contributed by atoms with Crippen LogP contribution in [0, 0.1) is 11.8 Å². The van der Waals surface area contributed by atoms with Crippen molar-refractivity contribution >= 4 is 41.6 Å². The van der Waals surface area contributed by atoms with Crippen LogP contribution < -0.4 is 0 Å². The van der Waals surface area contributed by atoms with Crippen LogP contribution in [0.1, 0.15) is 89.9 Å². The molecule has 0 amide bonds. The Hall–Kier alpha value is 0.100. The zero-order valence-corrected chi connectivity index (χ0v) is 18.7. The van der Waals surface area contributed by atoms with Crippen molar-refractivity contribution in [2.45, 2.75) is 89.9 Å². The molecule has 0 spiro atoms. The van der Waals surface area contributed by atoms with Crippen LogP contribution >= 0.6 is 8.58 Å². The van der Waals surface area contributed by atoms with Gasteiger partial charge >= 0.3 is 159 Å². The molecule has 0 unspecified atom stereocenters. The third-order valence-electron chi connectivity index (χ3n) is 5.29. The van der Waals surface area contributed by atoms with Gasteiger partial charge in [0.15, 0.2) is 0 Å². The van der Waals surface area contributed by atoms with Gasteiger partial charge in [-0.15, -0.1) is 0 Å². The molecular weight excluding hydrogens is 430 g/mol. The summed E-state index contributed by atoms with van der Waals surface area (Å²) in [6.45, 7) is 0. The average Bonchev–Trinajstić information content (AvgIpc) is 2.45. The fourth-order valence-electron chi connectivity index (χ4n) is 3.78. The van der Waals surface area contributed by atoms with Crippen molar-refractivity contribution in [1.82, 2.24) is 0 Å². The summed E-state index contributed by atoms with van der Waals surface area (Å²) < 4.78 is 10.8. The van der Waals surface area contributed by atoms with E-state index in [1.54, 1.807) is 0 Å². The van der Waals surface area contributed by atoms with Crippen molar-refractivity contribution in [3.8, 4) is 0 Å². The topological polar surface area (TPSA) is 52.6 Å². The van der Waals surface area contributed by atoms with Crippen LogP contribution in [0.3, 0.4) is 0 Å². The molecule has 0 heterocycles. The quantitative estimate of drug-likeness (QED) is 0.591. The Morgan fingerprint density at radius 1 is 0.625 bits per heavy atom. The normalized spacial score (nSPS) is 21.7. The van der Waals surface area contributed by atoms with Gasteiger partial charge in [-0.2, -0.15) is 0 Å².